The molecule has 5 heteroatoms. The highest BCUT2D eigenvalue weighted by atomic mass is 16.1. The van der Waals surface area contributed by atoms with Crippen molar-refractivity contribution in [2.45, 2.75) is 6.42 Å². The number of carbonyl (C=O) groups excluding carboxylic acids is 1. The summed E-state index contributed by atoms with van der Waals surface area (Å²) in [5.41, 5.74) is 2.41. The number of rotatable bonds is 4. The molecule has 0 unspecified atom stereocenters. The molecule has 2 aromatic carbocycles. The third kappa shape index (κ3) is 3.14. The van der Waals surface area contributed by atoms with Gasteiger partial charge in [0.25, 0.3) is 0 Å². The molecule has 0 aliphatic carbocycles. The molecule has 0 bridgehead atoms. The van der Waals surface area contributed by atoms with E-state index >= 15 is 0 Å². The third-order valence-corrected chi connectivity index (χ3v) is 3.02. The Morgan fingerprint density at radius 1 is 1.00 bits per heavy atom. The van der Waals surface area contributed by atoms with E-state index in [0.717, 1.165) is 17.1 Å². The lowest BCUT2D eigenvalue weighted by Gasteiger charge is -2.07. The van der Waals surface area contributed by atoms with E-state index < -0.39 is 0 Å². The first-order valence-corrected chi connectivity index (χ1v) is 6.63. The maximum absolute atomic E-state index is 12.1. The molecule has 0 spiro atoms. The molecule has 5 nitrogen and oxygen atoms in total. The number of para-hydroxylation sites is 2. The lowest BCUT2D eigenvalue weighted by molar-refractivity contribution is -0.115. The van der Waals surface area contributed by atoms with Gasteiger partial charge >= 0.3 is 0 Å². The number of carbonyl (C=O) groups is 1. The van der Waals surface area contributed by atoms with Crippen molar-refractivity contribution in [3.8, 4) is 5.69 Å². The van der Waals surface area contributed by atoms with Gasteiger partial charge in [-0.2, -0.15) is 0 Å². The van der Waals surface area contributed by atoms with Crippen LogP contribution in [-0.4, -0.2) is 20.9 Å². The number of anilines is 1. The van der Waals surface area contributed by atoms with Crippen LogP contribution in [0.15, 0.2) is 66.9 Å². The summed E-state index contributed by atoms with van der Waals surface area (Å²) in [5, 5.41) is 10.8. The minimum absolute atomic E-state index is 0.0966. The topological polar surface area (TPSA) is 59.8 Å². The fourth-order valence-electron chi connectivity index (χ4n) is 2.05. The molecule has 1 aromatic heterocycles. The molecule has 1 heterocycles. The van der Waals surface area contributed by atoms with Crippen LogP contribution in [0.4, 0.5) is 5.69 Å². The molecule has 0 fully saturated rings. The Kier molecular flexibility index (Phi) is 3.73. The zero-order valence-electron chi connectivity index (χ0n) is 11.3. The van der Waals surface area contributed by atoms with Gasteiger partial charge in [-0.05, 0) is 24.3 Å². The Morgan fingerprint density at radius 3 is 2.38 bits per heavy atom. The molecular weight excluding hydrogens is 264 g/mol. The van der Waals surface area contributed by atoms with Gasteiger partial charge < -0.3 is 5.32 Å². The second-order valence-electron chi connectivity index (χ2n) is 4.56. The van der Waals surface area contributed by atoms with Crippen molar-refractivity contribution < 1.29 is 4.79 Å². The van der Waals surface area contributed by atoms with Crippen LogP contribution in [0.1, 0.15) is 5.69 Å². The first-order chi connectivity index (χ1) is 10.3. The summed E-state index contributed by atoms with van der Waals surface area (Å²) in [6.07, 6.45) is 1.83. The van der Waals surface area contributed by atoms with Crippen molar-refractivity contribution in [1.29, 1.82) is 0 Å². The van der Waals surface area contributed by atoms with Crippen LogP contribution in [0.25, 0.3) is 5.69 Å². The first-order valence-electron chi connectivity index (χ1n) is 6.63. The lowest BCUT2D eigenvalue weighted by atomic mass is 10.2. The van der Waals surface area contributed by atoms with E-state index in [4.69, 9.17) is 0 Å². The van der Waals surface area contributed by atoms with Crippen molar-refractivity contribution >= 4 is 11.6 Å². The molecule has 0 aliphatic rings. The fourth-order valence-corrected chi connectivity index (χ4v) is 2.05. The number of nitrogens with one attached hydrogen (secondary N) is 1. The molecule has 3 rings (SSSR count). The van der Waals surface area contributed by atoms with Crippen LogP contribution in [0.3, 0.4) is 0 Å². The number of aromatic nitrogens is 3. The zero-order valence-corrected chi connectivity index (χ0v) is 11.3. The molecular formula is C16H14N4O. The van der Waals surface area contributed by atoms with Crippen LogP contribution in [0.2, 0.25) is 0 Å². The Balaban J connectivity index is 1.74. The van der Waals surface area contributed by atoms with Crippen LogP contribution >= 0.6 is 0 Å². The molecule has 0 atom stereocenters. The smallest absolute Gasteiger partial charge is 0.230 e. The van der Waals surface area contributed by atoms with Crippen molar-refractivity contribution in [1.82, 2.24) is 15.0 Å². The Morgan fingerprint density at radius 2 is 1.67 bits per heavy atom. The molecule has 0 aliphatic heterocycles. The van der Waals surface area contributed by atoms with Crippen molar-refractivity contribution in [2.75, 3.05) is 5.32 Å². The number of benzene rings is 2. The number of amides is 1. The van der Waals surface area contributed by atoms with E-state index in [9.17, 15) is 4.79 Å². The second-order valence-corrected chi connectivity index (χ2v) is 4.56. The van der Waals surface area contributed by atoms with Crippen LogP contribution in [-0.2, 0) is 11.2 Å². The standard InChI is InChI=1S/C16H14N4O/c21-16(18-13-7-3-1-4-8-13)11-15-12-17-19-20(15)14-9-5-2-6-10-14/h1-10,12H,11H2,(H,18,21). The van der Waals surface area contributed by atoms with E-state index in [1.165, 1.54) is 0 Å². The van der Waals surface area contributed by atoms with Gasteiger partial charge in [0, 0.05) is 5.69 Å². The Labute approximate surface area is 122 Å². The van der Waals surface area contributed by atoms with Crippen LogP contribution in [0, 0.1) is 0 Å². The van der Waals surface area contributed by atoms with E-state index in [1.54, 1.807) is 10.9 Å². The summed E-state index contributed by atoms with van der Waals surface area (Å²) in [6.45, 7) is 0. The van der Waals surface area contributed by atoms with Gasteiger partial charge in [-0.3, -0.25) is 4.79 Å². The number of hydrogen-bond acceptors (Lipinski definition) is 3. The average Bonchev–Trinajstić information content (AvgIpc) is 2.97. The van der Waals surface area contributed by atoms with Gasteiger partial charge in [0.05, 0.1) is 24.0 Å². The van der Waals surface area contributed by atoms with Gasteiger partial charge in [-0.15, -0.1) is 5.10 Å². The second kappa shape index (κ2) is 6.00. The highest BCUT2D eigenvalue weighted by molar-refractivity contribution is 5.92. The quantitative estimate of drug-likeness (QED) is 0.797. The van der Waals surface area contributed by atoms with Gasteiger partial charge in [0.15, 0.2) is 0 Å². The predicted molar refractivity (Wildman–Crippen MR) is 80.1 cm³/mol. The monoisotopic (exact) mass is 278 g/mol. The summed E-state index contributed by atoms with van der Waals surface area (Å²) in [4.78, 5) is 12.1. The normalized spacial score (nSPS) is 10.3. The van der Waals surface area contributed by atoms with Gasteiger partial charge in [0.2, 0.25) is 5.91 Å². The summed E-state index contributed by atoms with van der Waals surface area (Å²) in [7, 11) is 0. The average molecular weight is 278 g/mol. The lowest BCUT2D eigenvalue weighted by Crippen LogP contribution is -2.16. The maximum Gasteiger partial charge on any atom is 0.230 e. The molecule has 104 valence electrons. The van der Waals surface area contributed by atoms with E-state index in [0.29, 0.717) is 0 Å². The van der Waals surface area contributed by atoms with Crippen molar-refractivity contribution in [3.05, 3.63) is 72.6 Å². The number of nitrogens with zero attached hydrogens (tertiary/aromatic N) is 3. The van der Waals surface area contributed by atoms with Gasteiger partial charge in [0.1, 0.15) is 0 Å². The minimum atomic E-state index is -0.0966. The Bertz CT molecular complexity index is 722. The molecule has 0 saturated heterocycles. The van der Waals surface area contributed by atoms with Crippen LogP contribution < -0.4 is 5.32 Å². The molecule has 0 saturated carbocycles. The summed E-state index contributed by atoms with van der Waals surface area (Å²) >= 11 is 0. The maximum atomic E-state index is 12.1. The first kappa shape index (κ1) is 13.1. The highest BCUT2D eigenvalue weighted by Crippen LogP contribution is 2.11. The summed E-state index contributed by atoms with van der Waals surface area (Å²) < 4.78 is 1.67. The highest BCUT2D eigenvalue weighted by Gasteiger charge is 2.11. The SMILES string of the molecule is O=C(Cc1cnnn1-c1ccccc1)Nc1ccccc1. The minimum Gasteiger partial charge on any atom is -0.326 e. The molecule has 0 radical (unpaired) electrons. The van der Waals surface area contributed by atoms with Crippen molar-refractivity contribution in [3.63, 3.8) is 0 Å². The predicted octanol–water partition coefficient (Wildman–Crippen LogP) is 2.45. The zero-order chi connectivity index (χ0) is 14.5. The van der Waals surface area contributed by atoms with Crippen molar-refractivity contribution in [2.24, 2.45) is 0 Å². The fraction of sp³-hybridized carbons (Fsp3) is 0.0625. The molecule has 1 amide bonds. The van der Waals surface area contributed by atoms with E-state index in [2.05, 4.69) is 15.6 Å². The number of hydrogen-bond donors (Lipinski definition) is 1. The van der Waals surface area contributed by atoms with Crippen LogP contribution in [0.5, 0.6) is 0 Å². The van der Waals surface area contributed by atoms with E-state index in [1.807, 2.05) is 60.7 Å². The third-order valence-electron chi connectivity index (χ3n) is 3.02. The van der Waals surface area contributed by atoms with Gasteiger partial charge in [-0.1, -0.05) is 41.6 Å². The molecule has 21 heavy (non-hydrogen) atoms. The molecule has 3 aromatic rings. The van der Waals surface area contributed by atoms with Gasteiger partial charge in [-0.25, -0.2) is 4.68 Å². The largest absolute Gasteiger partial charge is 0.326 e. The Hall–Kier alpha value is -2.95. The summed E-state index contributed by atoms with van der Waals surface area (Å²) in [6, 6.07) is 19.0. The van der Waals surface area contributed by atoms with E-state index in [-0.39, 0.29) is 12.3 Å². The summed E-state index contributed by atoms with van der Waals surface area (Å²) in [5.74, 6) is -0.0966. The molecule has 1 N–H and O–H groups in total.